The Morgan fingerprint density at radius 1 is 1.47 bits per heavy atom. The third-order valence-electron chi connectivity index (χ3n) is 2.23. The molecule has 1 rings (SSSR count). The highest BCUT2D eigenvalue weighted by Crippen LogP contribution is 2.20. The van der Waals surface area contributed by atoms with Crippen molar-refractivity contribution in [1.29, 1.82) is 5.26 Å². The molecule has 6 heteroatoms. The number of nitrogens with zero attached hydrogens (tertiary/aromatic N) is 1. The molecule has 0 fully saturated rings. The lowest BCUT2D eigenvalue weighted by Crippen LogP contribution is -2.27. The van der Waals surface area contributed by atoms with Gasteiger partial charge in [-0.1, -0.05) is 6.07 Å². The van der Waals surface area contributed by atoms with Crippen LogP contribution >= 0.6 is 0 Å². The van der Waals surface area contributed by atoms with E-state index in [1.807, 2.05) is 0 Å². The van der Waals surface area contributed by atoms with Gasteiger partial charge in [-0.25, -0.2) is 9.18 Å². The smallest absolute Gasteiger partial charge is 0.335 e. The summed E-state index contributed by atoms with van der Waals surface area (Å²) in [4.78, 5) is 10.5. The Bertz CT molecular complexity index is 469. The molecule has 1 aromatic rings. The van der Waals surface area contributed by atoms with Crippen molar-refractivity contribution in [3.8, 4) is 6.07 Å². The molecule has 1 aromatic carbocycles. The summed E-state index contributed by atoms with van der Waals surface area (Å²) in [6.07, 6.45) is -3.85. The first-order valence-corrected chi connectivity index (χ1v) is 4.71. The van der Waals surface area contributed by atoms with Gasteiger partial charge < -0.3 is 15.3 Å². The van der Waals surface area contributed by atoms with Crippen molar-refractivity contribution >= 4 is 5.97 Å². The minimum Gasteiger partial charge on any atom is -0.479 e. The first-order chi connectivity index (χ1) is 7.97. The Hall–Kier alpha value is -1.97. The first-order valence-electron chi connectivity index (χ1n) is 4.71. The van der Waals surface area contributed by atoms with E-state index in [-0.39, 0.29) is 17.5 Å². The van der Waals surface area contributed by atoms with Crippen LogP contribution in [0.2, 0.25) is 0 Å². The minimum absolute atomic E-state index is 0.0432. The molecule has 0 heterocycles. The second kappa shape index (κ2) is 5.39. The third kappa shape index (κ3) is 3.00. The van der Waals surface area contributed by atoms with Crippen LogP contribution in [0.1, 0.15) is 17.2 Å². The van der Waals surface area contributed by atoms with E-state index >= 15 is 0 Å². The van der Waals surface area contributed by atoms with Crippen LogP contribution < -0.4 is 0 Å². The topological polar surface area (TPSA) is 102 Å². The predicted molar refractivity (Wildman–Crippen MR) is 54.3 cm³/mol. The number of rotatable bonds is 4. The van der Waals surface area contributed by atoms with Gasteiger partial charge in [-0.05, 0) is 17.7 Å². The lowest BCUT2D eigenvalue weighted by Gasteiger charge is -2.15. The first kappa shape index (κ1) is 13.1. The standard InChI is InChI=1S/C11H10FNO4/c12-8-2-1-7(5-6(8)3-4-13)9(14)10(15)11(16)17/h1-2,5,9-10,14-15H,3H2,(H,16,17). The summed E-state index contributed by atoms with van der Waals surface area (Å²) in [5, 5.41) is 35.6. The number of aliphatic hydroxyl groups is 2. The molecule has 17 heavy (non-hydrogen) atoms. The molecule has 0 aliphatic rings. The summed E-state index contributed by atoms with van der Waals surface area (Å²) in [7, 11) is 0. The molecule has 0 aliphatic heterocycles. The van der Waals surface area contributed by atoms with Crippen molar-refractivity contribution in [3.05, 3.63) is 35.1 Å². The van der Waals surface area contributed by atoms with Gasteiger partial charge in [0.1, 0.15) is 11.9 Å². The van der Waals surface area contributed by atoms with Gasteiger partial charge in [-0.2, -0.15) is 5.26 Å². The monoisotopic (exact) mass is 239 g/mol. The highest BCUT2D eigenvalue weighted by Gasteiger charge is 2.25. The number of nitriles is 1. The molecule has 0 bridgehead atoms. The van der Waals surface area contributed by atoms with Crippen molar-refractivity contribution in [2.75, 3.05) is 0 Å². The summed E-state index contributed by atoms with van der Waals surface area (Å²) in [5.41, 5.74) is 0.0909. The Balaban J connectivity index is 3.03. The van der Waals surface area contributed by atoms with Crippen LogP contribution in [-0.2, 0) is 11.2 Å². The second-order valence-electron chi connectivity index (χ2n) is 3.41. The fourth-order valence-corrected chi connectivity index (χ4v) is 1.32. The molecule has 0 amide bonds. The minimum atomic E-state index is -1.99. The SMILES string of the molecule is N#CCc1cc(C(O)C(O)C(=O)O)ccc1F. The second-order valence-corrected chi connectivity index (χ2v) is 3.41. The van der Waals surface area contributed by atoms with Gasteiger partial charge in [0, 0.05) is 5.56 Å². The lowest BCUT2D eigenvalue weighted by atomic mass is 10.0. The molecule has 2 atom stereocenters. The van der Waals surface area contributed by atoms with Gasteiger partial charge in [-0.15, -0.1) is 0 Å². The molecule has 0 saturated carbocycles. The van der Waals surface area contributed by atoms with Gasteiger partial charge in [0.05, 0.1) is 12.5 Å². The van der Waals surface area contributed by atoms with E-state index in [1.54, 1.807) is 6.07 Å². The van der Waals surface area contributed by atoms with Gasteiger partial charge >= 0.3 is 5.97 Å². The average Bonchev–Trinajstić information content (AvgIpc) is 2.30. The quantitative estimate of drug-likeness (QED) is 0.704. The van der Waals surface area contributed by atoms with E-state index in [0.29, 0.717) is 0 Å². The van der Waals surface area contributed by atoms with Crippen LogP contribution in [0.4, 0.5) is 4.39 Å². The average molecular weight is 239 g/mol. The largest absolute Gasteiger partial charge is 0.479 e. The van der Waals surface area contributed by atoms with Crippen molar-refractivity contribution in [1.82, 2.24) is 0 Å². The number of halogens is 1. The summed E-state index contributed by atoms with van der Waals surface area (Å²) in [6, 6.07) is 5.08. The van der Waals surface area contributed by atoms with Crippen LogP contribution in [0.15, 0.2) is 18.2 Å². The van der Waals surface area contributed by atoms with Crippen molar-refractivity contribution < 1.29 is 24.5 Å². The van der Waals surface area contributed by atoms with Gasteiger partial charge in [0.2, 0.25) is 0 Å². The fourth-order valence-electron chi connectivity index (χ4n) is 1.32. The van der Waals surface area contributed by atoms with E-state index in [9.17, 15) is 14.3 Å². The van der Waals surface area contributed by atoms with Crippen molar-refractivity contribution in [3.63, 3.8) is 0 Å². The van der Waals surface area contributed by atoms with Crippen molar-refractivity contribution in [2.45, 2.75) is 18.6 Å². The molecule has 0 radical (unpaired) electrons. The number of hydrogen-bond acceptors (Lipinski definition) is 4. The molecular formula is C11H10FNO4. The molecule has 0 aliphatic carbocycles. The number of aliphatic carboxylic acids is 1. The van der Waals surface area contributed by atoms with Gasteiger partial charge in [0.25, 0.3) is 0 Å². The molecule has 90 valence electrons. The van der Waals surface area contributed by atoms with Crippen molar-refractivity contribution in [2.24, 2.45) is 0 Å². The predicted octanol–water partition coefficient (Wildman–Crippen LogP) is 0.371. The molecule has 0 saturated heterocycles. The Labute approximate surface area is 96.4 Å². The van der Waals surface area contributed by atoms with Crippen LogP contribution in [0.25, 0.3) is 0 Å². The number of carboxylic acid groups (broad SMARTS) is 1. The highest BCUT2D eigenvalue weighted by atomic mass is 19.1. The summed E-state index contributed by atoms with van der Waals surface area (Å²) >= 11 is 0. The lowest BCUT2D eigenvalue weighted by molar-refractivity contribution is -0.153. The number of aliphatic hydroxyl groups excluding tert-OH is 2. The zero-order valence-electron chi connectivity index (χ0n) is 8.67. The summed E-state index contributed by atoms with van der Waals surface area (Å²) in [6.45, 7) is 0. The van der Waals surface area contributed by atoms with E-state index in [1.165, 1.54) is 0 Å². The van der Waals surface area contributed by atoms with E-state index in [4.69, 9.17) is 15.5 Å². The van der Waals surface area contributed by atoms with E-state index in [2.05, 4.69) is 0 Å². The Morgan fingerprint density at radius 3 is 2.65 bits per heavy atom. The normalized spacial score (nSPS) is 13.8. The molecule has 2 unspecified atom stereocenters. The maximum absolute atomic E-state index is 13.2. The van der Waals surface area contributed by atoms with Crippen LogP contribution in [0.3, 0.4) is 0 Å². The number of benzene rings is 1. The fraction of sp³-hybridized carbons (Fsp3) is 0.273. The molecule has 0 aromatic heterocycles. The van der Waals surface area contributed by atoms with Gasteiger partial charge in [-0.3, -0.25) is 0 Å². The highest BCUT2D eigenvalue weighted by molar-refractivity contribution is 5.73. The summed E-state index contributed by atoms with van der Waals surface area (Å²) < 4.78 is 13.2. The van der Waals surface area contributed by atoms with E-state index in [0.717, 1.165) is 18.2 Å². The molecule has 3 N–H and O–H groups in total. The summed E-state index contributed by atoms with van der Waals surface area (Å²) in [5.74, 6) is -2.20. The van der Waals surface area contributed by atoms with Crippen LogP contribution in [-0.4, -0.2) is 27.4 Å². The number of carbonyl (C=O) groups is 1. The molecule has 0 spiro atoms. The maximum atomic E-state index is 13.2. The molecule has 5 nitrogen and oxygen atoms in total. The van der Waals surface area contributed by atoms with Crippen LogP contribution in [0, 0.1) is 17.1 Å². The third-order valence-corrected chi connectivity index (χ3v) is 2.23. The zero-order valence-corrected chi connectivity index (χ0v) is 8.67. The van der Waals surface area contributed by atoms with E-state index < -0.39 is 24.0 Å². The van der Waals surface area contributed by atoms with Gasteiger partial charge in [0.15, 0.2) is 6.10 Å². The van der Waals surface area contributed by atoms with Crippen LogP contribution in [0.5, 0.6) is 0 Å². The Morgan fingerprint density at radius 2 is 2.12 bits per heavy atom. The number of carboxylic acids is 1. The molecular weight excluding hydrogens is 229 g/mol. The maximum Gasteiger partial charge on any atom is 0.335 e. The Kier molecular flexibility index (Phi) is 4.15. The zero-order chi connectivity index (χ0) is 13.0. The number of hydrogen-bond donors (Lipinski definition) is 3.